The van der Waals surface area contributed by atoms with Crippen molar-refractivity contribution in [2.75, 3.05) is 6.54 Å². The van der Waals surface area contributed by atoms with Crippen molar-refractivity contribution in [3.8, 4) is 0 Å². The van der Waals surface area contributed by atoms with E-state index in [1.54, 1.807) is 13.0 Å². The molecule has 3 rings (SSSR count). The SMILES string of the molecule is C[C@H](NS(=O)(=O)c1ccc2c(c1)CN(C(=O)C(F)(F)F)CC2)c1ccc(F)cc1. The van der Waals surface area contributed by atoms with Gasteiger partial charge in [-0.15, -0.1) is 0 Å². The van der Waals surface area contributed by atoms with Gasteiger partial charge in [-0.1, -0.05) is 18.2 Å². The van der Waals surface area contributed by atoms with Gasteiger partial charge in [0.2, 0.25) is 10.0 Å². The Morgan fingerprint density at radius 3 is 2.38 bits per heavy atom. The van der Waals surface area contributed by atoms with Crippen LogP contribution in [0.4, 0.5) is 17.6 Å². The normalized spacial score (nSPS) is 15.7. The number of sulfonamides is 1. The number of nitrogens with zero attached hydrogens (tertiary/aromatic N) is 1. The molecule has 0 unspecified atom stereocenters. The van der Waals surface area contributed by atoms with Crippen molar-refractivity contribution in [3.63, 3.8) is 0 Å². The van der Waals surface area contributed by atoms with Crippen LogP contribution < -0.4 is 4.72 Å². The predicted octanol–water partition coefficient (Wildman–Crippen LogP) is 3.31. The van der Waals surface area contributed by atoms with Crippen molar-refractivity contribution in [3.05, 3.63) is 65.0 Å². The van der Waals surface area contributed by atoms with Crippen molar-refractivity contribution in [2.45, 2.75) is 37.0 Å². The van der Waals surface area contributed by atoms with Crippen LogP contribution in [0.2, 0.25) is 0 Å². The van der Waals surface area contributed by atoms with Crippen LogP contribution in [-0.4, -0.2) is 31.9 Å². The van der Waals surface area contributed by atoms with E-state index in [1.807, 2.05) is 0 Å². The standard InChI is InChI=1S/C19H18F4N2O3S/c1-12(13-2-5-16(20)6-3-13)24-29(27,28)17-7-4-14-8-9-25(11-15(14)10-17)18(26)19(21,22)23/h2-7,10,12,24H,8-9,11H2,1H3/t12-/m0/s1. The third kappa shape index (κ3) is 4.76. The lowest BCUT2D eigenvalue weighted by Gasteiger charge is -2.29. The van der Waals surface area contributed by atoms with Gasteiger partial charge in [0.05, 0.1) is 4.90 Å². The van der Waals surface area contributed by atoms with Crippen LogP contribution in [0, 0.1) is 5.82 Å². The molecule has 0 saturated carbocycles. The molecule has 0 radical (unpaired) electrons. The molecule has 0 fully saturated rings. The van der Waals surface area contributed by atoms with Gasteiger partial charge in [-0.3, -0.25) is 4.79 Å². The molecule has 0 spiro atoms. The van der Waals surface area contributed by atoms with Crippen molar-refractivity contribution < 1.29 is 30.8 Å². The molecule has 10 heteroatoms. The first-order valence-corrected chi connectivity index (χ1v) is 10.2. The molecule has 0 aliphatic carbocycles. The molecule has 1 aliphatic heterocycles. The molecule has 2 aromatic rings. The zero-order valence-electron chi connectivity index (χ0n) is 15.3. The highest BCUT2D eigenvalue weighted by molar-refractivity contribution is 7.89. The fourth-order valence-electron chi connectivity index (χ4n) is 3.17. The molecule has 1 N–H and O–H groups in total. The van der Waals surface area contributed by atoms with Crippen LogP contribution in [0.1, 0.15) is 29.7 Å². The highest BCUT2D eigenvalue weighted by atomic mass is 32.2. The fourth-order valence-corrected chi connectivity index (χ4v) is 4.46. The second-order valence-corrected chi connectivity index (χ2v) is 8.51. The van der Waals surface area contributed by atoms with Gasteiger partial charge in [0.15, 0.2) is 0 Å². The average molecular weight is 430 g/mol. The zero-order chi connectivity index (χ0) is 21.4. The van der Waals surface area contributed by atoms with Crippen molar-refractivity contribution >= 4 is 15.9 Å². The summed E-state index contributed by atoms with van der Waals surface area (Å²) in [6.07, 6.45) is -4.77. The van der Waals surface area contributed by atoms with Crippen molar-refractivity contribution in [1.29, 1.82) is 0 Å². The maximum atomic E-state index is 13.0. The molecule has 0 aromatic heterocycles. The quantitative estimate of drug-likeness (QED) is 0.757. The lowest BCUT2D eigenvalue weighted by molar-refractivity contribution is -0.186. The first-order chi connectivity index (χ1) is 13.5. The summed E-state index contributed by atoms with van der Waals surface area (Å²) in [5.41, 5.74) is 1.60. The van der Waals surface area contributed by atoms with Gasteiger partial charge < -0.3 is 4.90 Å². The fraction of sp³-hybridized carbons (Fsp3) is 0.316. The maximum Gasteiger partial charge on any atom is 0.471 e. The summed E-state index contributed by atoms with van der Waals surface area (Å²) < 4.78 is 79.0. The average Bonchev–Trinajstić information content (AvgIpc) is 2.66. The molecule has 1 heterocycles. The molecule has 1 atom stereocenters. The van der Waals surface area contributed by atoms with Crippen LogP contribution in [-0.2, 0) is 27.8 Å². The van der Waals surface area contributed by atoms with Gasteiger partial charge in [-0.05, 0) is 54.3 Å². The van der Waals surface area contributed by atoms with Gasteiger partial charge in [-0.25, -0.2) is 17.5 Å². The maximum absolute atomic E-state index is 13.0. The summed E-state index contributed by atoms with van der Waals surface area (Å²) in [5.74, 6) is -2.39. The number of hydrogen-bond acceptors (Lipinski definition) is 3. The number of hydrogen-bond donors (Lipinski definition) is 1. The first-order valence-electron chi connectivity index (χ1n) is 8.73. The Kier molecular flexibility index (Phi) is 5.68. The molecular weight excluding hydrogens is 412 g/mol. The number of halogens is 4. The summed E-state index contributed by atoms with van der Waals surface area (Å²) in [6, 6.07) is 8.88. The molecular formula is C19H18F4N2O3S. The largest absolute Gasteiger partial charge is 0.471 e. The third-order valence-corrected chi connectivity index (χ3v) is 6.27. The van der Waals surface area contributed by atoms with Gasteiger partial charge in [0.1, 0.15) is 5.82 Å². The molecule has 2 aromatic carbocycles. The van der Waals surface area contributed by atoms with E-state index in [2.05, 4.69) is 4.72 Å². The molecule has 29 heavy (non-hydrogen) atoms. The summed E-state index contributed by atoms with van der Waals surface area (Å²) in [6.45, 7) is 1.19. The Labute approximate surface area is 165 Å². The van der Waals surface area contributed by atoms with Crippen LogP contribution in [0.3, 0.4) is 0 Å². The van der Waals surface area contributed by atoms with Crippen LogP contribution >= 0.6 is 0 Å². The Morgan fingerprint density at radius 1 is 1.10 bits per heavy atom. The number of nitrogens with one attached hydrogen (secondary N) is 1. The first kappa shape index (κ1) is 21.3. The van der Waals surface area contributed by atoms with Gasteiger partial charge in [0, 0.05) is 19.1 Å². The third-order valence-electron chi connectivity index (χ3n) is 4.73. The van der Waals surface area contributed by atoms with E-state index in [4.69, 9.17) is 0 Å². The Hall–Kier alpha value is -2.46. The van der Waals surface area contributed by atoms with E-state index in [-0.39, 0.29) is 24.4 Å². The van der Waals surface area contributed by atoms with Crippen LogP contribution in [0.5, 0.6) is 0 Å². The molecule has 1 amide bonds. The number of alkyl halides is 3. The smallest absolute Gasteiger partial charge is 0.330 e. The molecule has 5 nitrogen and oxygen atoms in total. The van der Waals surface area contributed by atoms with E-state index in [0.29, 0.717) is 21.6 Å². The monoisotopic (exact) mass is 430 g/mol. The summed E-state index contributed by atoms with van der Waals surface area (Å²) in [5, 5.41) is 0. The van der Waals surface area contributed by atoms with Gasteiger partial charge in [-0.2, -0.15) is 13.2 Å². The number of benzene rings is 2. The Bertz CT molecular complexity index is 1020. The molecule has 0 bridgehead atoms. The minimum absolute atomic E-state index is 0.0860. The molecule has 156 valence electrons. The number of carbonyl (C=O) groups is 1. The number of rotatable bonds is 4. The second kappa shape index (κ2) is 7.75. The second-order valence-electron chi connectivity index (χ2n) is 6.80. The van der Waals surface area contributed by atoms with Gasteiger partial charge in [0.25, 0.3) is 0 Å². The zero-order valence-corrected chi connectivity index (χ0v) is 16.1. The summed E-state index contributed by atoms with van der Waals surface area (Å²) in [4.78, 5) is 12.0. The van der Waals surface area contributed by atoms with E-state index < -0.39 is 34.0 Å². The Morgan fingerprint density at radius 2 is 1.76 bits per heavy atom. The number of fused-ring (bicyclic) bond motifs is 1. The molecule has 1 aliphatic rings. The minimum Gasteiger partial charge on any atom is -0.330 e. The molecule has 0 saturated heterocycles. The van der Waals surface area contributed by atoms with Crippen LogP contribution in [0.15, 0.2) is 47.4 Å². The van der Waals surface area contributed by atoms with E-state index in [1.165, 1.54) is 36.4 Å². The topological polar surface area (TPSA) is 66.5 Å². The van der Waals surface area contributed by atoms with E-state index in [9.17, 15) is 30.8 Å². The van der Waals surface area contributed by atoms with E-state index in [0.717, 1.165) is 0 Å². The highest BCUT2D eigenvalue weighted by Gasteiger charge is 2.43. The predicted molar refractivity (Wildman–Crippen MR) is 96.8 cm³/mol. The lowest BCUT2D eigenvalue weighted by atomic mass is 10.00. The minimum atomic E-state index is -4.98. The van der Waals surface area contributed by atoms with Gasteiger partial charge >= 0.3 is 12.1 Å². The Balaban J connectivity index is 1.81. The van der Waals surface area contributed by atoms with Crippen LogP contribution in [0.25, 0.3) is 0 Å². The summed E-state index contributed by atoms with van der Waals surface area (Å²) in [7, 11) is -3.99. The van der Waals surface area contributed by atoms with Crippen molar-refractivity contribution in [2.24, 2.45) is 0 Å². The number of amides is 1. The highest BCUT2D eigenvalue weighted by Crippen LogP contribution is 2.27. The van der Waals surface area contributed by atoms with E-state index >= 15 is 0 Å². The lowest BCUT2D eigenvalue weighted by Crippen LogP contribution is -2.43. The van der Waals surface area contributed by atoms with Crippen molar-refractivity contribution in [1.82, 2.24) is 9.62 Å². The summed E-state index contributed by atoms with van der Waals surface area (Å²) >= 11 is 0. The number of carbonyl (C=O) groups excluding carboxylic acids is 1.